The number of hydrogen-bond donors (Lipinski definition) is 0. The van der Waals surface area contributed by atoms with Crippen LogP contribution in [0.5, 0.6) is 0 Å². The summed E-state index contributed by atoms with van der Waals surface area (Å²) in [5, 5.41) is 0. The van der Waals surface area contributed by atoms with E-state index in [2.05, 4.69) is 6.58 Å². The van der Waals surface area contributed by atoms with Crippen LogP contribution in [0.4, 0.5) is 0 Å². The maximum Gasteiger partial charge on any atom is 0.120 e. The van der Waals surface area contributed by atoms with Crippen molar-refractivity contribution in [3.63, 3.8) is 0 Å². The van der Waals surface area contributed by atoms with Crippen molar-refractivity contribution in [3.05, 3.63) is 18.7 Å². The first-order valence-electron chi connectivity index (χ1n) is 4.20. The minimum absolute atomic E-state index is 0.212. The standard InChI is InChI=1S/C10H12O/c1-2-8-9-4-3-5-10(8,9)6-7-11/h2,6,8-9H,1,3-5H2/t8-,9-,10-/m1/s1. The molecule has 0 amide bonds. The summed E-state index contributed by atoms with van der Waals surface area (Å²) in [5.41, 5.74) is 0.212. The van der Waals surface area contributed by atoms with Crippen LogP contribution in [0.3, 0.4) is 0 Å². The highest BCUT2D eigenvalue weighted by Crippen LogP contribution is 2.69. The molecule has 3 atom stereocenters. The lowest BCUT2D eigenvalue weighted by molar-refractivity contribution is 0.550. The first kappa shape index (κ1) is 6.87. The van der Waals surface area contributed by atoms with E-state index in [0.717, 1.165) is 5.92 Å². The van der Waals surface area contributed by atoms with E-state index in [0.29, 0.717) is 5.92 Å². The minimum atomic E-state index is 0.212. The number of allylic oxidation sites excluding steroid dienone is 2. The van der Waals surface area contributed by atoms with E-state index in [-0.39, 0.29) is 5.41 Å². The Bertz CT molecular complexity index is 237. The molecule has 0 N–H and O–H groups in total. The third-order valence-electron chi connectivity index (χ3n) is 3.34. The third kappa shape index (κ3) is 0.693. The van der Waals surface area contributed by atoms with Crippen molar-refractivity contribution in [2.75, 3.05) is 0 Å². The molecule has 1 nitrogen and oxygen atoms in total. The van der Waals surface area contributed by atoms with Crippen LogP contribution in [0.2, 0.25) is 0 Å². The van der Waals surface area contributed by atoms with Crippen molar-refractivity contribution < 1.29 is 4.79 Å². The Labute approximate surface area is 66.8 Å². The summed E-state index contributed by atoms with van der Waals surface area (Å²) in [4.78, 5) is 10.2. The van der Waals surface area contributed by atoms with Crippen molar-refractivity contribution in [1.29, 1.82) is 0 Å². The zero-order chi connectivity index (χ0) is 7.90. The maximum absolute atomic E-state index is 10.2. The molecule has 2 aliphatic carbocycles. The van der Waals surface area contributed by atoms with Crippen LogP contribution in [0, 0.1) is 17.3 Å². The molecular weight excluding hydrogens is 136 g/mol. The monoisotopic (exact) mass is 148 g/mol. The fourth-order valence-electron chi connectivity index (χ4n) is 2.77. The largest absolute Gasteiger partial charge is 0.234 e. The summed E-state index contributed by atoms with van der Waals surface area (Å²) in [6.07, 6.45) is 7.44. The molecule has 58 valence electrons. The van der Waals surface area contributed by atoms with E-state index >= 15 is 0 Å². The summed E-state index contributed by atoms with van der Waals surface area (Å²) in [5.74, 6) is 3.24. The van der Waals surface area contributed by atoms with Crippen LogP contribution < -0.4 is 0 Å². The van der Waals surface area contributed by atoms with Gasteiger partial charge in [0.25, 0.3) is 0 Å². The lowest BCUT2D eigenvalue weighted by Gasteiger charge is -2.03. The van der Waals surface area contributed by atoms with Gasteiger partial charge in [0.05, 0.1) is 0 Å². The summed E-state index contributed by atoms with van der Waals surface area (Å²) < 4.78 is 0. The van der Waals surface area contributed by atoms with Gasteiger partial charge in [-0.3, -0.25) is 0 Å². The maximum atomic E-state index is 10.2. The Morgan fingerprint density at radius 1 is 1.64 bits per heavy atom. The molecule has 2 aliphatic rings. The second kappa shape index (κ2) is 2.09. The zero-order valence-corrected chi connectivity index (χ0v) is 6.55. The van der Waals surface area contributed by atoms with Gasteiger partial charge in [-0.25, -0.2) is 4.79 Å². The van der Waals surface area contributed by atoms with Crippen LogP contribution >= 0.6 is 0 Å². The molecule has 2 rings (SSSR count). The van der Waals surface area contributed by atoms with Gasteiger partial charge in [0, 0.05) is 11.5 Å². The SMILES string of the molecule is C=C[C@@H]1[C@H]2CCC[C@@]12C=C=O. The van der Waals surface area contributed by atoms with Gasteiger partial charge in [0.1, 0.15) is 5.94 Å². The fourth-order valence-corrected chi connectivity index (χ4v) is 2.77. The highest BCUT2D eigenvalue weighted by Gasteiger charge is 2.63. The van der Waals surface area contributed by atoms with Crippen molar-refractivity contribution >= 4 is 5.94 Å². The van der Waals surface area contributed by atoms with Gasteiger partial charge in [-0.2, -0.15) is 0 Å². The van der Waals surface area contributed by atoms with Gasteiger partial charge in [0.15, 0.2) is 0 Å². The molecule has 0 aromatic carbocycles. The van der Waals surface area contributed by atoms with Gasteiger partial charge in [-0.15, -0.1) is 6.58 Å². The first-order valence-corrected chi connectivity index (χ1v) is 4.20. The highest BCUT2D eigenvalue weighted by atomic mass is 16.1. The molecular formula is C10H12O. The molecule has 0 aliphatic heterocycles. The van der Waals surface area contributed by atoms with E-state index in [4.69, 9.17) is 0 Å². The van der Waals surface area contributed by atoms with Crippen LogP contribution in [0.1, 0.15) is 19.3 Å². The molecule has 2 saturated carbocycles. The number of fused-ring (bicyclic) bond motifs is 1. The quantitative estimate of drug-likeness (QED) is 0.432. The minimum Gasteiger partial charge on any atom is -0.234 e. The molecule has 0 aromatic rings. The van der Waals surface area contributed by atoms with Crippen molar-refractivity contribution in [3.8, 4) is 0 Å². The molecule has 2 fully saturated rings. The Balaban J connectivity index is 2.25. The van der Waals surface area contributed by atoms with Crippen LogP contribution in [0.25, 0.3) is 0 Å². The average Bonchev–Trinajstić information content (AvgIpc) is 2.37. The number of carbonyl (C=O) groups excluding carboxylic acids is 1. The van der Waals surface area contributed by atoms with E-state index in [1.54, 1.807) is 6.08 Å². The molecule has 0 heterocycles. The lowest BCUT2D eigenvalue weighted by Crippen LogP contribution is -1.96. The van der Waals surface area contributed by atoms with E-state index in [1.807, 2.05) is 12.0 Å². The molecule has 0 unspecified atom stereocenters. The third-order valence-corrected chi connectivity index (χ3v) is 3.34. The predicted octanol–water partition coefficient (Wildman–Crippen LogP) is 1.98. The average molecular weight is 148 g/mol. The molecule has 0 aromatic heterocycles. The van der Waals surface area contributed by atoms with Gasteiger partial charge in [-0.1, -0.05) is 12.5 Å². The molecule has 0 spiro atoms. The van der Waals surface area contributed by atoms with Gasteiger partial charge >= 0.3 is 0 Å². The number of hydrogen-bond acceptors (Lipinski definition) is 1. The Hall–Kier alpha value is -0.810. The summed E-state index contributed by atoms with van der Waals surface area (Å²) in [6, 6.07) is 0. The van der Waals surface area contributed by atoms with Gasteiger partial charge in [-0.05, 0) is 24.7 Å². The van der Waals surface area contributed by atoms with Crippen molar-refractivity contribution in [2.45, 2.75) is 19.3 Å². The predicted molar refractivity (Wildman–Crippen MR) is 43.7 cm³/mol. The van der Waals surface area contributed by atoms with Gasteiger partial charge in [0.2, 0.25) is 0 Å². The number of rotatable bonds is 2. The Kier molecular flexibility index (Phi) is 1.30. The smallest absolute Gasteiger partial charge is 0.120 e. The highest BCUT2D eigenvalue weighted by molar-refractivity contribution is 5.51. The topological polar surface area (TPSA) is 17.1 Å². The summed E-state index contributed by atoms with van der Waals surface area (Å²) in [7, 11) is 0. The van der Waals surface area contributed by atoms with Gasteiger partial charge < -0.3 is 0 Å². The molecule has 1 heteroatoms. The summed E-state index contributed by atoms with van der Waals surface area (Å²) >= 11 is 0. The van der Waals surface area contributed by atoms with Crippen molar-refractivity contribution in [2.24, 2.45) is 17.3 Å². The molecule has 0 bridgehead atoms. The van der Waals surface area contributed by atoms with E-state index in [1.165, 1.54) is 19.3 Å². The van der Waals surface area contributed by atoms with E-state index < -0.39 is 0 Å². The van der Waals surface area contributed by atoms with E-state index in [9.17, 15) is 4.79 Å². The molecule has 0 radical (unpaired) electrons. The summed E-state index contributed by atoms with van der Waals surface area (Å²) in [6.45, 7) is 3.78. The Morgan fingerprint density at radius 3 is 3.00 bits per heavy atom. The molecule has 0 saturated heterocycles. The zero-order valence-electron chi connectivity index (χ0n) is 6.55. The molecule has 11 heavy (non-hydrogen) atoms. The van der Waals surface area contributed by atoms with Crippen LogP contribution in [-0.4, -0.2) is 5.94 Å². The first-order chi connectivity index (χ1) is 5.35. The Morgan fingerprint density at radius 2 is 2.45 bits per heavy atom. The van der Waals surface area contributed by atoms with Crippen LogP contribution in [-0.2, 0) is 4.79 Å². The van der Waals surface area contributed by atoms with Crippen LogP contribution in [0.15, 0.2) is 18.7 Å². The van der Waals surface area contributed by atoms with Crippen molar-refractivity contribution in [1.82, 2.24) is 0 Å². The fraction of sp³-hybridized carbons (Fsp3) is 0.600. The normalized spacial score (nSPS) is 45.8. The second-order valence-electron chi connectivity index (χ2n) is 3.63. The second-order valence-corrected chi connectivity index (χ2v) is 3.63. The lowest BCUT2D eigenvalue weighted by atomic mass is 10.0.